The van der Waals surface area contributed by atoms with Crippen LogP contribution in [-0.2, 0) is 6.42 Å². The molecule has 1 aromatic rings. The summed E-state index contributed by atoms with van der Waals surface area (Å²) in [6.07, 6.45) is 5.87. The van der Waals surface area contributed by atoms with Gasteiger partial charge in [-0.3, -0.25) is 15.6 Å². The van der Waals surface area contributed by atoms with Crippen molar-refractivity contribution >= 4 is 34.6 Å². The van der Waals surface area contributed by atoms with Crippen LogP contribution in [0.3, 0.4) is 0 Å². The van der Waals surface area contributed by atoms with Crippen molar-refractivity contribution in [1.29, 1.82) is 0 Å². The van der Waals surface area contributed by atoms with Gasteiger partial charge in [0.25, 0.3) is 5.91 Å². The maximum atomic E-state index is 12.1. The van der Waals surface area contributed by atoms with Crippen LogP contribution in [0.2, 0.25) is 0 Å². The minimum absolute atomic E-state index is 0.131. The summed E-state index contributed by atoms with van der Waals surface area (Å²) in [4.78, 5) is 14.1. The van der Waals surface area contributed by atoms with E-state index in [1.54, 1.807) is 0 Å². The van der Waals surface area contributed by atoms with Crippen LogP contribution in [0.4, 0.5) is 0 Å². The second kappa shape index (κ2) is 7.92. The van der Waals surface area contributed by atoms with E-state index in [4.69, 9.17) is 12.2 Å². The van der Waals surface area contributed by atoms with Crippen molar-refractivity contribution in [2.24, 2.45) is 5.92 Å². The van der Waals surface area contributed by atoms with Crippen molar-refractivity contribution in [3.05, 3.63) is 21.4 Å². The van der Waals surface area contributed by atoms with Crippen LogP contribution in [0.5, 0.6) is 0 Å². The van der Waals surface area contributed by atoms with Crippen LogP contribution >= 0.6 is 23.6 Å². The van der Waals surface area contributed by atoms with Gasteiger partial charge in [0, 0.05) is 10.9 Å². The molecule has 1 amide bonds. The van der Waals surface area contributed by atoms with E-state index in [2.05, 4.69) is 30.0 Å². The Morgan fingerprint density at radius 3 is 2.73 bits per heavy atom. The summed E-state index contributed by atoms with van der Waals surface area (Å²) >= 11 is 6.82. The lowest BCUT2D eigenvalue weighted by Gasteiger charge is -2.30. The standard InChI is InChI=1S/C16H25N3OS2/c1-4-13-11(3)9-14(22-13)15(20)18-19-16(21)17-12-8-6-5-7-10(12)2/h9-10,12H,4-8H2,1-3H3,(H,18,20)(H2,17,19,21)/t10-,12+/m1/s1. The molecule has 0 spiro atoms. The topological polar surface area (TPSA) is 53.2 Å². The number of amides is 1. The number of hydrogen-bond acceptors (Lipinski definition) is 3. The van der Waals surface area contributed by atoms with Gasteiger partial charge >= 0.3 is 0 Å². The molecule has 4 nitrogen and oxygen atoms in total. The summed E-state index contributed by atoms with van der Waals surface area (Å²) in [6, 6.07) is 2.33. The molecule has 1 aromatic heterocycles. The van der Waals surface area contributed by atoms with Crippen LogP contribution in [0, 0.1) is 12.8 Å². The summed E-state index contributed by atoms with van der Waals surface area (Å²) in [7, 11) is 0. The Kier molecular flexibility index (Phi) is 6.20. The predicted octanol–water partition coefficient (Wildman–Crippen LogP) is 3.31. The van der Waals surface area contributed by atoms with Crippen LogP contribution in [0.1, 0.15) is 59.6 Å². The second-order valence-corrected chi connectivity index (χ2v) is 7.54. The number of rotatable bonds is 3. The van der Waals surface area contributed by atoms with Gasteiger partial charge in [-0.25, -0.2) is 0 Å². The summed E-state index contributed by atoms with van der Waals surface area (Å²) in [5.41, 5.74) is 6.68. The first kappa shape index (κ1) is 17.2. The molecule has 0 radical (unpaired) electrons. The molecule has 0 saturated heterocycles. The summed E-state index contributed by atoms with van der Waals surface area (Å²) in [5.74, 6) is 0.491. The molecule has 1 fully saturated rings. The Morgan fingerprint density at radius 2 is 2.09 bits per heavy atom. The maximum Gasteiger partial charge on any atom is 0.279 e. The largest absolute Gasteiger partial charge is 0.358 e. The second-order valence-electron chi connectivity index (χ2n) is 5.99. The van der Waals surface area contributed by atoms with Crippen molar-refractivity contribution < 1.29 is 4.79 Å². The molecule has 0 aliphatic heterocycles. The van der Waals surface area contributed by atoms with Crippen molar-refractivity contribution in [2.75, 3.05) is 0 Å². The van der Waals surface area contributed by atoms with Gasteiger partial charge in [-0.1, -0.05) is 26.7 Å². The molecular formula is C16H25N3OS2. The van der Waals surface area contributed by atoms with Gasteiger partial charge in [-0.2, -0.15) is 0 Å². The predicted molar refractivity (Wildman–Crippen MR) is 96.2 cm³/mol. The number of thiocarbonyl (C=S) groups is 1. The van der Waals surface area contributed by atoms with Gasteiger partial charge in [-0.15, -0.1) is 11.3 Å². The third-order valence-corrected chi connectivity index (χ3v) is 5.88. The van der Waals surface area contributed by atoms with Crippen molar-refractivity contribution in [3.8, 4) is 0 Å². The normalized spacial score (nSPS) is 21.2. The van der Waals surface area contributed by atoms with Gasteiger partial charge in [0.15, 0.2) is 5.11 Å². The molecule has 2 atom stereocenters. The molecule has 0 bridgehead atoms. The first-order chi connectivity index (χ1) is 10.5. The van der Waals surface area contributed by atoms with E-state index < -0.39 is 0 Å². The number of hydrogen-bond donors (Lipinski definition) is 3. The van der Waals surface area contributed by atoms with E-state index in [1.807, 2.05) is 13.0 Å². The molecule has 6 heteroatoms. The van der Waals surface area contributed by atoms with E-state index in [-0.39, 0.29) is 5.91 Å². The molecule has 0 aromatic carbocycles. The molecule has 3 N–H and O–H groups in total. The average Bonchev–Trinajstić information content (AvgIpc) is 2.88. The molecule has 122 valence electrons. The van der Waals surface area contributed by atoms with Crippen LogP contribution in [-0.4, -0.2) is 17.1 Å². The minimum atomic E-state index is -0.131. The lowest BCUT2D eigenvalue weighted by molar-refractivity contribution is 0.0947. The van der Waals surface area contributed by atoms with Gasteiger partial charge in [0.2, 0.25) is 0 Å². The summed E-state index contributed by atoms with van der Waals surface area (Å²) in [6.45, 7) is 6.39. The van der Waals surface area contributed by atoms with Crippen LogP contribution in [0.25, 0.3) is 0 Å². The number of nitrogens with one attached hydrogen (secondary N) is 3. The fourth-order valence-electron chi connectivity index (χ4n) is 2.89. The van der Waals surface area contributed by atoms with Crippen molar-refractivity contribution in [1.82, 2.24) is 16.2 Å². The van der Waals surface area contributed by atoms with Gasteiger partial charge in [0.1, 0.15) is 0 Å². The van der Waals surface area contributed by atoms with Crippen molar-refractivity contribution in [3.63, 3.8) is 0 Å². The zero-order valence-electron chi connectivity index (χ0n) is 13.5. The smallest absolute Gasteiger partial charge is 0.279 e. The maximum absolute atomic E-state index is 12.1. The first-order valence-electron chi connectivity index (χ1n) is 7.97. The van der Waals surface area contributed by atoms with Gasteiger partial charge < -0.3 is 5.32 Å². The highest BCUT2D eigenvalue weighted by atomic mass is 32.1. The molecule has 2 rings (SSSR count). The number of carbonyl (C=O) groups is 1. The lowest BCUT2D eigenvalue weighted by atomic mass is 9.86. The Labute approximate surface area is 142 Å². The molecule has 1 aliphatic carbocycles. The molecule has 1 heterocycles. The quantitative estimate of drug-likeness (QED) is 0.584. The molecule has 1 saturated carbocycles. The third kappa shape index (κ3) is 4.43. The molecule has 1 aliphatic rings. The Morgan fingerprint density at radius 1 is 1.36 bits per heavy atom. The zero-order valence-corrected chi connectivity index (χ0v) is 15.1. The van der Waals surface area contributed by atoms with Gasteiger partial charge in [-0.05, 0) is 56.0 Å². The van der Waals surface area contributed by atoms with E-state index >= 15 is 0 Å². The van der Waals surface area contributed by atoms with Crippen LogP contribution < -0.4 is 16.2 Å². The number of hydrazine groups is 1. The Balaban J connectivity index is 1.81. The molecule has 0 unspecified atom stereocenters. The number of carbonyl (C=O) groups excluding carboxylic acids is 1. The third-order valence-electron chi connectivity index (χ3n) is 4.28. The van der Waals surface area contributed by atoms with Crippen molar-refractivity contribution in [2.45, 2.75) is 58.9 Å². The van der Waals surface area contributed by atoms with E-state index in [1.165, 1.54) is 41.0 Å². The summed E-state index contributed by atoms with van der Waals surface area (Å²) in [5, 5.41) is 3.81. The highest BCUT2D eigenvalue weighted by molar-refractivity contribution is 7.80. The lowest BCUT2D eigenvalue weighted by Crippen LogP contribution is -2.51. The van der Waals surface area contributed by atoms with Crippen LogP contribution in [0.15, 0.2) is 6.07 Å². The van der Waals surface area contributed by atoms with Gasteiger partial charge in [0.05, 0.1) is 4.88 Å². The monoisotopic (exact) mass is 339 g/mol. The molecular weight excluding hydrogens is 314 g/mol. The number of aryl methyl sites for hydroxylation is 2. The fourth-order valence-corrected chi connectivity index (χ4v) is 4.10. The Hall–Kier alpha value is -1.14. The Bertz CT molecular complexity index is 541. The zero-order chi connectivity index (χ0) is 16.1. The summed E-state index contributed by atoms with van der Waals surface area (Å²) < 4.78 is 0. The minimum Gasteiger partial charge on any atom is -0.358 e. The highest BCUT2D eigenvalue weighted by Crippen LogP contribution is 2.24. The number of thiophene rings is 1. The SMILES string of the molecule is CCc1sc(C(=O)NNC(=S)N[C@H]2CCCC[C@H]2C)cc1C. The fraction of sp³-hybridized carbons (Fsp3) is 0.625. The molecule has 22 heavy (non-hydrogen) atoms. The highest BCUT2D eigenvalue weighted by Gasteiger charge is 2.21. The van der Waals surface area contributed by atoms with E-state index in [9.17, 15) is 4.79 Å². The van der Waals surface area contributed by atoms with E-state index in [0.717, 1.165) is 17.7 Å². The van der Waals surface area contributed by atoms with E-state index in [0.29, 0.717) is 17.1 Å². The first-order valence-corrected chi connectivity index (χ1v) is 9.20. The average molecular weight is 340 g/mol.